The van der Waals surface area contributed by atoms with Crippen molar-refractivity contribution in [3.63, 3.8) is 0 Å². The van der Waals surface area contributed by atoms with Gasteiger partial charge in [-0.3, -0.25) is 9.59 Å². The van der Waals surface area contributed by atoms with Gasteiger partial charge in [-0.25, -0.2) is 0 Å². The molecule has 0 unspecified atom stereocenters. The maximum absolute atomic E-state index is 13.1. The van der Waals surface area contributed by atoms with Crippen LogP contribution in [0.15, 0.2) is 18.2 Å². The van der Waals surface area contributed by atoms with E-state index in [9.17, 15) is 9.59 Å². The second kappa shape index (κ2) is 5.60. The molecule has 0 aliphatic carbocycles. The number of esters is 2. The number of ether oxygens (including phenoxy) is 3. The minimum absolute atomic E-state index is 0.0460. The van der Waals surface area contributed by atoms with Crippen molar-refractivity contribution in [3.05, 3.63) is 28.8 Å². The van der Waals surface area contributed by atoms with E-state index in [1.165, 1.54) is 0 Å². The predicted molar refractivity (Wildman–Crippen MR) is 95.0 cm³/mol. The van der Waals surface area contributed by atoms with Gasteiger partial charge in [-0.2, -0.15) is 0 Å². The van der Waals surface area contributed by atoms with E-state index in [1.807, 2.05) is 26.0 Å². The molecule has 0 aromatic heterocycles. The Balaban J connectivity index is 1.90. The second-order valence-corrected chi connectivity index (χ2v) is 8.29. The van der Waals surface area contributed by atoms with Crippen LogP contribution in [0, 0.1) is 5.41 Å². The van der Waals surface area contributed by atoms with Crippen LogP contribution in [0.4, 0.5) is 5.69 Å². The third-order valence-electron chi connectivity index (χ3n) is 5.42. The number of benzene rings is 1. The lowest BCUT2D eigenvalue weighted by Crippen LogP contribution is -2.71. The van der Waals surface area contributed by atoms with Crippen LogP contribution < -0.4 is 4.90 Å². The number of halogens is 1. The summed E-state index contributed by atoms with van der Waals surface area (Å²) in [5.74, 6) is -2.38. The summed E-state index contributed by atoms with van der Waals surface area (Å²) in [7, 11) is 0. The average molecular weight is 380 g/mol. The zero-order chi connectivity index (χ0) is 18.9. The van der Waals surface area contributed by atoms with E-state index in [2.05, 4.69) is 4.90 Å². The third-order valence-corrected chi connectivity index (χ3v) is 5.65. The molecule has 3 aliphatic rings. The number of hydrogen-bond acceptors (Lipinski definition) is 6. The van der Waals surface area contributed by atoms with Crippen LogP contribution in [0.2, 0.25) is 5.02 Å². The van der Waals surface area contributed by atoms with Gasteiger partial charge in [0.25, 0.3) is 5.79 Å². The summed E-state index contributed by atoms with van der Waals surface area (Å²) >= 11 is 6.21. The molecule has 2 saturated heterocycles. The smallest absolute Gasteiger partial charge is 0.329 e. The van der Waals surface area contributed by atoms with Gasteiger partial charge in [-0.1, -0.05) is 17.7 Å². The zero-order valence-corrected chi connectivity index (χ0v) is 16.0. The molecule has 0 bridgehead atoms. The normalized spacial score (nSPS) is 31.7. The van der Waals surface area contributed by atoms with Gasteiger partial charge in [0.1, 0.15) is 0 Å². The molecule has 7 heteroatoms. The molecule has 1 aromatic rings. The topological polar surface area (TPSA) is 65.1 Å². The van der Waals surface area contributed by atoms with Crippen molar-refractivity contribution < 1.29 is 23.8 Å². The Kier molecular flexibility index (Phi) is 3.80. The highest BCUT2D eigenvalue weighted by atomic mass is 35.5. The van der Waals surface area contributed by atoms with Gasteiger partial charge < -0.3 is 19.1 Å². The van der Waals surface area contributed by atoms with Gasteiger partial charge >= 0.3 is 11.9 Å². The van der Waals surface area contributed by atoms with Crippen molar-refractivity contribution >= 4 is 29.2 Å². The van der Waals surface area contributed by atoms with E-state index in [0.29, 0.717) is 11.6 Å². The van der Waals surface area contributed by atoms with Gasteiger partial charge in [-0.05, 0) is 31.5 Å². The van der Waals surface area contributed by atoms with E-state index >= 15 is 0 Å². The van der Waals surface area contributed by atoms with Gasteiger partial charge in [-0.15, -0.1) is 0 Å². The molecule has 4 rings (SSSR count). The molecule has 3 heterocycles. The number of rotatable bonds is 0. The van der Waals surface area contributed by atoms with Crippen molar-refractivity contribution in [3.8, 4) is 0 Å². The zero-order valence-electron chi connectivity index (χ0n) is 15.2. The molecule has 0 saturated carbocycles. The average Bonchev–Trinajstić information content (AvgIpc) is 2.51. The maximum Gasteiger partial charge on any atom is 0.329 e. The van der Waals surface area contributed by atoms with Crippen LogP contribution >= 0.6 is 11.6 Å². The Morgan fingerprint density at radius 1 is 1.15 bits per heavy atom. The van der Waals surface area contributed by atoms with Gasteiger partial charge in [0.2, 0.25) is 0 Å². The summed E-state index contributed by atoms with van der Waals surface area (Å²) in [4.78, 5) is 28.3. The molecule has 1 spiro atoms. The summed E-state index contributed by atoms with van der Waals surface area (Å²) in [5.41, 5.74) is 0.358. The molecule has 0 amide bonds. The molecule has 3 atom stereocenters. The fourth-order valence-electron chi connectivity index (χ4n) is 4.52. The van der Waals surface area contributed by atoms with Crippen molar-refractivity contribution in [2.45, 2.75) is 58.2 Å². The molecule has 0 N–H and O–H groups in total. The monoisotopic (exact) mass is 379 g/mol. The number of hydrogen-bond donors (Lipinski definition) is 0. The first-order valence-electron chi connectivity index (χ1n) is 8.81. The number of morpholine rings is 1. The molecular formula is C19H22ClNO5. The molecule has 3 aliphatic heterocycles. The molecule has 0 radical (unpaired) electrons. The minimum atomic E-state index is -1.45. The van der Waals surface area contributed by atoms with Crippen molar-refractivity contribution in [2.75, 3.05) is 11.4 Å². The Morgan fingerprint density at radius 2 is 1.81 bits per heavy atom. The number of cyclic esters (lactones) is 2. The Labute approximate surface area is 157 Å². The number of carbonyl (C=O) groups excluding carboxylic acids is 2. The number of anilines is 1. The standard InChI is InChI=1S/C19H22ClNO5/c1-10-9-21-14-7-13(20)6-5-12(14)8-19(15(21)11(2)24-10)16(22)25-18(3,4)26-17(19)23/h5-7,10-11,15H,8-9H2,1-4H3/t10-,11-,15+/m1/s1. The lowest BCUT2D eigenvalue weighted by Gasteiger charge is -2.55. The van der Waals surface area contributed by atoms with Crippen LogP contribution in [-0.4, -0.2) is 42.5 Å². The fourth-order valence-corrected chi connectivity index (χ4v) is 4.69. The van der Waals surface area contributed by atoms with E-state index in [4.69, 9.17) is 25.8 Å². The molecule has 1 aromatic carbocycles. The van der Waals surface area contributed by atoms with Crippen LogP contribution in [0.1, 0.15) is 33.3 Å². The van der Waals surface area contributed by atoms with Gasteiger partial charge in [0.05, 0.1) is 18.2 Å². The predicted octanol–water partition coefficient (Wildman–Crippen LogP) is 2.70. The highest BCUT2D eigenvalue weighted by Crippen LogP contribution is 2.49. The van der Waals surface area contributed by atoms with E-state index in [-0.39, 0.29) is 18.6 Å². The van der Waals surface area contributed by atoms with Crippen LogP contribution in [0.25, 0.3) is 0 Å². The fraction of sp³-hybridized carbons (Fsp3) is 0.579. The van der Waals surface area contributed by atoms with Crippen molar-refractivity contribution in [1.29, 1.82) is 0 Å². The van der Waals surface area contributed by atoms with Crippen LogP contribution in [0.3, 0.4) is 0 Å². The third kappa shape index (κ3) is 2.42. The van der Waals surface area contributed by atoms with Crippen molar-refractivity contribution in [2.24, 2.45) is 5.41 Å². The van der Waals surface area contributed by atoms with Gasteiger partial charge in [0.15, 0.2) is 5.41 Å². The summed E-state index contributed by atoms with van der Waals surface area (Å²) < 4.78 is 17.0. The van der Waals surface area contributed by atoms with Crippen LogP contribution in [0.5, 0.6) is 0 Å². The second-order valence-electron chi connectivity index (χ2n) is 7.85. The maximum atomic E-state index is 13.1. The first-order valence-corrected chi connectivity index (χ1v) is 9.19. The highest BCUT2D eigenvalue weighted by molar-refractivity contribution is 6.30. The molecule has 26 heavy (non-hydrogen) atoms. The minimum Gasteiger partial charge on any atom is -0.422 e. The summed E-state index contributed by atoms with van der Waals surface area (Å²) in [6.45, 7) is 7.53. The largest absolute Gasteiger partial charge is 0.422 e. The van der Waals surface area contributed by atoms with E-state index in [0.717, 1.165) is 11.3 Å². The quantitative estimate of drug-likeness (QED) is 0.510. The summed E-state index contributed by atoms with van der Waals surface area (Å²) in [5, 5.41) is 0.611. The summed E-state index contributed by atoms with van der Waals surface area (Å²) in [6.07, 6.45) is -0.196. The first-order chi connectivity index (χ1) is 12.1. The Hall–Kier alpha value is -1.79. The van der Waals surface area contributed by atoms with E-state index < -0.39 is 29.2 Å². The molecule has 2 fully saturated rings. The first kappa shape index (κ1) is 17.6. The lowest BCUT2D eigenvalue weighted by molar-refractivity contribution is -0.256. The molecule has 6 nitrogen and oxygen atoms in total. The van der Waals surface area contributed by atoms with E-state index in [1.54, 1.807) is 19.9 Å². The number of carbonyl (C=O) groups is 2. The lowest BCUT2D eigenvalue weighted by atomic mass is 9.68. The summed E-state index contributed by atoms with van der Waals surface area (Å²) in [6, 6.07) is 5.00. The number of fused-ring (bicyclic) bond motifs is 4. The van der Waals surface area contributed by atoms with Crippen LogP contribution in [-0.2, 0) is 30.2 Å². The molecular weight excluding hydrogens is 358 g/mol. The molecule has 140 valence electrons. The Bertz CT molecular complexity index is 772. The number of nitrogens with zero attached hydrogens (tertiary/aromatic N) is 1. The highest BCUT2D eigenvalue weighted by Gasteiger charge is 2.66. The van der Waals surface area contributed by atoms with Gasteiger partial charge in [0, 0.05) is 37.5 Å². The Morgan fingerprint density at radius 3 is 2.46 bits per heavy atom. The SMILES string of the molecule is C[C@@H]1CN2c3cc(Cl)ccc3CC3(C(=O)OC(C)(C)OC3=O)[C@@H]2[C@@H](C)O1. The van der Waals surface area contributed by atoms with Crippen molar-refractivity contribution in [1.82, 2.24) is 0 Å².